The number of nitrogens with one attached hydrogen (secondary N) is 3. The quantitative estimate of drug-likeness (QED) is 0.0134. The summed E-state index contributed by atoms with van der Waals surface area (Å²) in [6, 6.07) is 19.3. The number of anilines is 5. The third-order valence-electron chi connectivity index (χ3n) is 7.65. The largest absolute Gasteiger partial charge is 0.505 e. The van der Waals surface area contributed by atoms with Gasteiger partial charge < -0.3 is 21.1 Å². The number of carbonyl (C=O) groups excluding carboxylic acids is 1. The molecule has 1 heterocycles. The van der Waals surface area contributed by atoms with Crippen LogP contribution in [0.3, 0.4) is 0 Å². The van der Waals surface area contributed by atoms with E-state index in [0.717, 1.165) is 35.0 Å². The van der Waals surface area contributed by atoms with Crippen molar-refractivity contribution in [3.05, 3.63) is 84.1 Å². The van der Waals surface area contributed by atoms with Crippen molar-refractivity contribution < 1.29 is 50.5 Å². The van der Waals surface area contributed by atoms with E-state index in [-0.39, 0.29) is 61.6 Å². The summed E-state index contributed by atoms with van der Waals surface area (Å²) in [4.78, 5) is 22.7. The van der Waals surface area contributed by atoms with Gasteiger partial charge in [-0.15, -0.1) is 14.6 Å². The first kappa shape index (κ1) is 42.0. The average Bonchev–Trinajstić information content (AvgIpc) is 3.15. The SMILES string of the molecule is O=C(Nc1ccc(S(=O)(=O)O)c(N=Nc2c(SOOO)cc3cc(S(=O)(=O)O)cc(Nc4nc(Cl)nc(Nc5cccc6ccccc56)n4)c3c2O)c1)C(Br)CBr. The monoisotopic (exact) mass is 984 g/mol. The van der Waals surface area contributed by atoms with Crippen molar-refractivity contribution in [2.24, 2.45) is 10.2 Å². The average molecular weight is 987 g/mol. The van der Waals surface area contributed by atoms with Crippen LogP contribution >= 0.6 is 55.5 Å². The lowest BCUT2D eigenvalue weighted by molar-refractivity contribution is -0.432. The van der Waals surface area contributed by atoms with Crippen molar-refractivity contribution in [1.29, 1.82) is 0 Å². The highest BCUT2D eigenvalue weighted by molar-refractivity contribution is 9.12. The van der Waals surface area contributed by atoms with Crippen molar-refractivity contribution >= 4 is 144 Å². The molecule has 1 unspecified atom stereocenters. The normalized spacial score (nSPS) is 12.6. The van der Waals surface area contributed by atoms with Crippen molar-refractivity contribution in [2.75, 3.05) is 21.3 Å². The van der Waals surface area contributed by atoms with Gasteiger partial charge >= 0.3 is 0 Å². The molecule has 6 rings (SSSR count). The number of rotatable bonds is 14. The van der Waals surface area contributed by atoms with Gasteiger partial charge in [0.2, 0.25) is 23.1 Å². The summed E-state index contributed by atoms with van der Waals surface area (Å²) in [5, 5.41) is 42.1. The van der Waals surface area contributed by atoms with Gasteiger partial charge in [-0.1, -0.05) is 73.3 Å². The van der Waals surface area contributed by atoms with E-state index in [1.807, 2.05) is 36.4 Å². The Morgan fingerprint density at radius 3 is 2.26 bits per heavy atom. The Bertz CT molecular complexity index is 2800. The van der Waals surface area contributed by atoms with Crippen molar-refractivity contribution in [3.8, 4) is 5.75 Å². The first-order chi connectivity index (χ1) is 27.0. The smallest absolute Gasteiger partial charge is 0.296 e. The highest BCUT2D eigenvalue weighted by atomic mass is 79.9. The second-order valence-electron chi connectivity index (χ2n) is 11.3. The predicted molar refractivity (Wildman–Crippen MR) is 217 cm³/mol. The van der Waals surface area contributed by atoms with Crippen molar-refractivity contribution in [3.63, 3.8) is 0 Å². The minimum absolute atomic E-state index is 0.0328. The summed E-state index contributed by atoms with van der Waals surface area (Å²) in [6.45, 7) is 0. The van der Waals surface area contributed by atoms with Crippen LogP contribution in [-0.2, 0) is 34.4 Å². The number of fused-ring (bicyclic) bond motifs is 2. The van der Waals surface area contributed by atoms with E-state index in [1.54, 1.807) is 6.07 Å². The van der Waals surface area contributed by atoms with Gasteiger partial charge in [0, 0.05) is 27.5 Å². The summed E-state index contributed by atoms with van der Waals surface area (Å²) in [5.41, 5.74) is -0.544. The molecule has 0 fully saturated rings. The number of phenols is 1. The number of hydrogen-bond donors (Lipinski definition) is 7. The maximum atomic E-state index is 12.5. The highest BCUT2D eigenvalue weighted by Crippen LogP contribution is 2.48. The molecule has 1 amide bonds. The Morgan fingerprint density at radius 2 is 1.58 bits per heavy atom. The van der Waals surface area contributed by atoms with Crippen molar-refractivity contribution in [2.45, 2.75) is 19.5 Å². The van der Waals surface area contributed by atoms with Crippen LogP contribution in [0.25, 0.3) is 21.5 Å². The maximum absolute atomic E-state index is 12.5. The molecule has 0 bridgehead atoms. The van der Waals surface area contributed by atoms with E-state index in [2.05, 4.69) is 82.4 Å². The number of halogens is 3. The molecule has 19 nitrogen and oxygen atoms in total. The summed E-state index contributed by atoms with van der Waals surface area (Å²) in [6.07, 6.45) is 0. The number of amides is 1. The Kier molecular flexibility index (Phi) is 12.9. The van der Waals surface area contributed by atoms with Crippen LogP contribution in [0.2, 0.25) is 5.28 Å². The molecule has 5 aromatic carbocycles. The topological polar surface area (TPSA) is 284 Å². The van der Waals surface area contributed by atoms with Crippen LogP contribution in [0.15, 0.2) is 104 Å². The van der Waals surface area contributed by atoms with E-state index in [0.29, 0.717) is 5.69 Å². The van der Waals surface area contributed by atoms with Gasteiger partial charge in [0.15, 0.2) is 5.75 Å². The van der Waals surface area contributed by atoms with E-state index in [4.69, 9.17) is 16.9 Å². The molecule has 6 aromatic rings. The summed E-state index contributed by atoms with van der Waals surface area (Å²) in [5.74, 6) is -1.56. The first-order valence-electron chi connectivity index (χ1n) is 15.5. The molecule has 0 aliphatic rings. The second kappa shape index (κ2) is 17.5. The fourth-order valence-corrected chi connectivity index (χ4v) is 7.45. The van der Waals surface area contributed by atoms with Crippen LogP contribution < -0.4 is 16.0 Å². The van der Waals surface area contributed by atoms with E-state index >= 15 is 0 Å². The number of aromatic hydroxyl groups is 1. The molecule has 296 valence electrons. The molecule has 0 aliphatic heterocycles. The molecule has 1 atom stereocenters. The molecule has 57 heavy (non-hydrogen) atoms. The lowest BCUT2D eigenvalue weighted by Crippen LogP contribution is -2.23. The standard InChI is InChI=1S/C32H23Br2ClN8O11S3/c33-14-20(34)29(45)36-17-8-9-25(57(50,51)52)22(12-17)42-43-27-24(55-54-53-46)11-16-10-18(56(47,48)49)13-23(26(16)28(27)44)38-32-40-30(35)39-31(41-32)37-21-7-3-5-15-4-1-2-6-19(15)21/h1-13,20,44,46H,14H2,(H,36,45)(H,47,48,49)(H,50,51,52)(H2,37,38,39,40,41). The zero-order valence-electron chi connectivity index (χ0n) is 28.0. The fraction of sp³-hybridized carbons (Fsp3) is 0.0625. The molecular formula is C32H23Br2ClN8O11S3. The minimum atomic E-state index is -4.93. The predicted octanol–water partition coefficient (Wildman–Crippen LogP) is 8.46. The number of alkyl halides is 2. The highest BCUT2D eigenvalue weighted by Gasteiger charge is 2.24. The van der Waals surface area contributed by atoms with E-state index in [9.17, 15) is 35.8 Å². The third kappa shape index (κ3) is 9.93. The fourth-order valence-electron chi connectivity index (χ4n) is 5.24. The molecule has 7 N–H and O–H groups in total. The summed E-state index contributed by atoms with van der Waals surface area (Å²) in [7, 11) is -9.82. The van der Waals surface area contributed by atoms with Crippen LogP contribution in [0.4, 0.5) is 40.3 Å². The Hall–Kier alpha value is -4.60. The van der Waals surface area contributed by atoms with Crippen LogP contribution in [0, 0.1) is 0 Å². The maximum Gasteiger partial charge on any atom is 0.296 e. The van der Waals surface area contributed by atoms with Gasteiger partial charge in [0.1, 0.15) is 21.1 Å². The lowest BCUT2D eigenvalue weighted by Gasteiger charge is -2.15. The molecule has 0 spiro atoms. The number of aromatic nitrogens is 3. The molecular weight excluding hydrogens is 964 g/mol. The van der Waals surface area contributed by atoms with Gasteiger partial charge in [-0.3, -0.25) is 13.9 Å². The minimum Gasteiger partial charge on any atom is -0.505 e. The number of phenolic OH excluding ortho intramolecular Hbond substituents is 1. The Morgan fingerprint density at radius 1 is 0.877 bits per heavy atom. The van der Waals surface area contributed by atoms with Gasteiger partial charge in [-0.2, -0.15) is 31.8 Å². The molecule has 1 aromatic heterocycles. The zero-order valence-corrected chi connectivity index (χ0v) is 34.4. The van der Waals surface area contributed by atoms with Crippen molar-refractivity contribution in [1.82, 2.24) is 15.0 Å². The molecule has 25 heteroatoms. The number of benzene rings is 5. The molecule has 0 radical (unpaired) electrons. The third-order valence-corrected chi connectivity index (χ3v) is 12.4. The molecule has 0 saturated carbocycles. The Balaban J connectivity index is 1.49. The van der Waals surface area contributed by atoms with Gasteiger partial charge in [0.05, 0.1) is 27.5 Å². The summed E-state index contributed by atoms with van der Waals surface area (Å²) >= 11 is 12.9. The van der Waals surface area contributed by atoms with E-state index < -0.39 is 57.9 Å². The first-order valence-corrected chi connectivity index (χ1v) is 21.5. The van der Waals surface area contributed by atoms with Crippen LogP contribution in [-0.4, -0.2) is 67.3 Å². The van der Waals surface area contributed by atoms with Gasteiger partial charge in [-0.05, 0) is 64.8 Å². The van der Waals surface area contributed by atoms with Crippen LogP contribution in [0.5, 0.6) is 5.75 Å². The van der Waals surface area contributed by atoms with Gasteiger partial charge in [0.25, 0.3) is 20.2 Å². The summed E-state index contributed by atoms with van der Waals surface area (Å²) < 4.78 is 73.8. The number of nitrogens with zero attached hydrogens (tertiary/aromatic N) is 5. The number of azo groups is 1. The Labute approximate surface area is 347 Å². The second-order valence-corrected chi connectivity index (χ2v) is 17.0. The lowest BCUT2D eigenvalue weighted by atomic mass is 10.1. The number of hydrogen-bond acceptors (Lipinski definition) is 17. The molecule has 0 saturated heterocycles. The number of carbonyl (C=O) groups is 1. The van der Waals surface area contributed by atoms with Crippen LogP contribution in [0.1, 0.15) is 0 Å². The van der Waals surface area contributed by atoms with E-state index in [1.165, 1.54) is 12.1 Å². The molecule has 0 aliphatic carbocycles. The zero-order chi connectivity index (χ0) is 41.1. The van der Waals surface area contributed by atoms with Gasteiger partial charge in [-0.25, -0.2) is 5.26 Å².